The summed E-state index contributed by atoms with van der Waals surface area (Å²) in [5, 5.41) is 0.811. The third kappa shape index (κ3) is 2.96. The molecule has 82 valence electrons. The van der Waals surface area contributed by atoms with Crippen molar-refractivity contribution < 1.29 is 0 Å². The van der Waals surface area contributed by atoms with Gasteiger partial charge in [-0.3, -0.25) is 4.90 Å². The summed E-state index contributed by atoms with van der Waals surface area (Å²) in [5.74, 6) is 0. The maximum absolute atomic E-state index is 6.02. The molecule has 0 N–H and O–H groups in total. The number of benzene rings is 1. The molecule has 0 aliphatic carbocycles. The SMILES string of the molecule is CC1CCCN1Cc1cc(Cl)cc(Br)c1. The lowest BCUT2D eigenvalue weighted by atomic mass is 10.2. The molecular weight excluding hydrogens is 273 g/mol. The Hall–Kier alpha value is -0.0500. The topological polar surface area (TPSA) is 3.24 Å². The molecule has 0 bridgehead atoms. The maximum atomic E-state index is 6.02. The molecule has 1 atom stereocenters. The number of hydrogen-bond acceptors (Lipinski definition) is 1. The Morgan fingerprint density at radius 2 is 2.27 bits per heavy atom. The van der Waals surface area contributed by atoms with Crippen molar-refractivity contribution in [3.05, 3.63) is 33.3 Å². The van der Waals surface area contributed by atoms with E-state index in [1.807, 2.05) is 6.07 Å². The minimum absolute atomic E-state index is 0.711. The maximum Gasteiger partial charge on any atom is 0.0420 e. The van der Waals surface area contributed by atoms with E-state index in [9.17, 15) is 0 Å². The molecule has 1 nitrogen and oxygen atoms in total. The predicted molar refractivity (Wildman–Crippen MR) is 68.3 cm³/mol. The highest BCUT2D eigenvalue weighted by molar-refractivity contribution is 9.10. The second-order valence-corrected chi connectivity index (χ2v) is 5.59. The standard InChI is InChI=1S/C12H15BrClN/c1-9-3-2-4-15(9)8-10-5-11(13)7-12(14)6-10/h5-7,9H,2-4,8H2,1H3. The van der Waals surface area contributed by atoms with Crippen LogP contribution in [-0.2, 0) is 6.54 Å². The van der Waals surface area contributed by atoms with Crippen molar-refractivity contribution in [3.63, 3.8) is 0 Å². The lowest BCUT2D eigenvalue weighted by Crippen LogP contribution is -2.26. The predicted octanol–water partition coefficient (Wildman–Crippen LogP) is 4.09. The van der Waals surface area contributed by atoms with Gasteiger partial charge in [0.05, 0.1) is 0 Å². The summed E-state index contributed by atoms with van der Waals surface area (Å²) < 4.78 is 1.07. The average Bonchev–Trinajstić information content (AvgIpc) is 2.50. The molecule has 0 aromatic heterocycles. The Labute approximate surface area is 105 Å². The summed E-state index contributed by atoms with van der Waals surface area (Å²) in [6.07, 6.45) is 2.64. The van der Waals surface area contributed by atoms with Crippen molar-refractivity contribution in [2.75, 3.05) is 6.54 Å². The molecule has 0 radical (unpaired) electrons. The van der Waals surface area contributed by atoms with E-state index in [-0.39, 0.29) is 0 Å². The van der Waals surface area contributed by atoms with Gasteiger partial charge in [0.1, 0.15) is 0 Å². The molecule has 1 heterocycles. The molecule has 1 aliphatic heterocycles. The van der Waals surface area contributed by atoms with Crippen LogP contribution in [0.3, 0.4) is 0 Å². The van der Waals surface area contributed by atoms with Gasteiger partial charge in [0, 0.05) is 22.1 Å². The summed E-state index contributed by atoms with van der Waals surface area (Å²) in [5.41, 5.74) is 1.29. The highest BCUT2D eigenvalue weighted by Gasteiger charge is 2.20. The van der Waals surface area contributed by atoms with Gasteiger partial charge < -0.3 is 0 Å². The first-order valence-electron chi connectivity index (χ1n) is 5.34. The summed E-state index contributed by atoms with van der Waals surface area (Å²) in [6.45, 7) is 4.53. The molecule has 1 saturated heterocycles. The summed E-state index contributed by atoms with van der Waals surface area (Å²) in [7, 11) is 0. The van der Waals surface area contributed by atoms with Gasteiger partial charge in [-0.2, -0.15) is 0 Å². The Morgan fingerprint density at radius 3 is 2.87 bits per heavy atom. The zero-order chi connectivity index (χ0) is 10.8. The van der Waals surface area contributed by atoms with Crippen LogP contribution >= 0.6 is 27.5 Å². The van der Waals surface area contributed by atoms with Crippen LogP contribution in [0.15, 0.2) is 22.7 Å². The van der Waals surface area contributed by atoms with Crippen LogP contribution in [0.1, 0.15) is 25.3 Å². The van der Waals surface area contributed by atoms with E-state index in [2.05, 4.69) is 39.9 Å². The van der Waals surface area contributed by atoms with Gasteiger partial charge in [0.2, 0.25) is 0 Å². The Kier molecular flexibility index (Phi) is 3.70. The van der Waals surface area contributed by atoms with Gasteiger partial charge >= 0.3 is 0 Å². The molecule has 1 fully saturated rings. The average molecular weight is 289 g/mol. The minimum atomic E-state index is 0.711. The molecule has 3 heteroatoms. The van der Waals surface area contributed by atoms with Crippen LogP contribution in [0.4, 0.5) is 0 Å². The van der Waals surface area contributed by atoms with Crippen LogP contribution in [0.25, 0.3) is 0 Å². The van der Waals surface area contributed by atoms with Crippen molar-refractivity contribution in [1.29, 1.82) is 0 Å². The molecule has 1 unspecified atom stereocenters. The summed E-state index contributed by atoms with van der Waals surface area (Å²) in [6, 6.07) is 6.84. The van der Waals surface area contributed by atoms with Crippen molar-refractivity contribution >= 4 is 27.5 Å². The fraction of sp³-hybridized carbons (Fsp3) is 0.500. The first-order valence-corrected chi connectivity index (χ1v) is 6.51. The number of halogens is 2. The fourth-order valence-corrected chi connectivity index (χ4v) is 3.09. The van der Waals surface area contributed by atoms with Crippen LogP contribution < -0.4 is 0 Å². The Balaban J connectivity index is 2.10. The van der Waals surface area contributed by atoms with Crippen LogP contribution in [0.2, 0.25) is 5.02 Å². The molecule has 0 spiro atoms. The monoisotopic (exact) mass is 287 g/mol. The van der Waals surface area contributed by atoms with E-state index in [1.165, 1.54) is 24.9 Å². The largest absolute Gasteiger partial charge is 0.296 e. The molecule has 1 aromatic rings. The molecular formula is C12H15BrClN. The van der Waals surface area contributed by atoms with E-state index in [0.717, 1.165) is 16.0 Å². The van der Waals surface area contributed by atoms with Crippen molar-refractivity contribution in [1.82, 2.24) is 4.90 Å². The van der Waals surface area contributed by atoms with Gasteiger partial charge in [-0.15, -0.1) is 0 Å². The van der Waals surface area contributed by atoms with Gasteiger partial charge in [-0.05, 0) is 50.1 Å². The molecule has 2 rings (SSSR count). The number of nitrogens with zero attached hydrogens (tertiary/aromatic N) is 1. The third-order valence-corrected chi connectivity index (χ3v) is 3.67. The molecule has 0 amide bonds. The van der Waals surface area contributed by atoms with Crippen molar-refractivity contribution in [2.24, 2.45) is 0 Å². The second-order valence-electron chi connectivity index (χ2n) is 4.24. The van der Waals surface area contributed by atoms with Gasteiger partial charge in [0.25, 0.3) is 0 Å². The first kappa shape index (κ1) is 11.4. The number of hydrogen-bond donors (Lipinski definition) is 0. The minimum Gasteiger partial charge on any atom is -0.296 e. The van der Waals surface area contributed by atoms with E-state index in [4.69, 9.17) is 11.6 Å². The van der Waals surface area contributed by atoms with Crippen molar-refractivity contribution in [2.45, 2.75) is 32.4 Å². The fourth-order valence-electron chi connectivity index (χ4n) is 2.16. The van der Waals surface area contributed by atoms with Crippen LogP contribution in [0, 0.1) is 0 Å². The second kappa shape index (κ2) is 4.86. The van der Waals surface area contributed by atoms with E-state index in [0.29, 0.717) is 6.04 Å². The quantitative estimate of drug-likeness (QED) is 0.792. The van der Waals surface area contributed by atoms with Gasteiger partial charge in [-0.25, -0.2) is 0 Å². The van der Waals surface area contributed by atoms with E-state index < -0.39 is 0 Å². The Bertz CT molecular complexity index is 333. The normalized spacial score (nSPS) is 22.2. The lowest BCUT2D eigenvalue weighted by molar-refractivity contribution is 0.260. The summed E-state index contributed by atoms with van der Waals surface area (Å²) >= 11 is 9.50. The van der Waals surface area contributed by atoms with Crippen molar-refractivity contribution in [3.8, 4) is 0 Å². The molecule has 15 heavy (non-hydrogen) atoms. The van der Waals surface area contributed by atoms with E-state index in [1.54, 1.807) is 0 Å². The zero-order valence-electron chi connectivity index (χ0n) is 8.84. The van der Waals surface area contributed by atoms with Gasteiger partial charge in [-0.1, -0.05) is 27.5 Å². The van der Waals surface area contributed by atoms with Crippen LogP contribution in [0.5, 0.6) is 0 Å². The number of rotatable bonds is 2. The van der Waals surface area contributed by atoms with Gasteiger partial charge in [0.15, 0.2) is 0 Å². The third-order valence-electron chi connectivity index (χ3n) is 3.00. The molecule has 1 aliphatic rings. The highest BCUT2D eigenvalue weighted by Crippen LogP contribution is 2.24. The molecule has 1 aromatic carbocycles. The van der Waals surface area contributed by atoms with Crippen LogP contribution in [-0.4, -0.2) is 17.5 Å². The molecule has 0 saturated carbocycles. The lowest BCUT2D eigenvalue weighted by Gasteiger charge is -2.21. The Morgan fingerprint density at radius 1 is 1.47 bits per heavy atom. The zero-order valence-corrected chi connectivity index (χ0v) is 11.2. The smallest absolute Gasteiger partial charge is 0.0420 e. The summed E-state index contributed by atoms with van der Waals surface area (Å²) in [4.78, 5) is 2.51. The highest BCUT2D eigenvalue weighted by atomic mass is 79.9. The van der Waals surface area contributed by atoms with E-state index >= 15 is 0 Å². The first-order chi connectivity index (χ1) is 7.15. The number of likely N-dealkylation sites (tertiary alicyclic amines) is 1.